The number of alkyl halides is 2. The summed E-state index contributed by atoms with van der Waals surface area (Å²) in [4.78, 5) is 0.888. The van der Waals surface area contributed by atoms with Crippen molar-refractivity contribution < 1.29 is 18.3 Å². The van der Waals surface area contributed by atoms with Crippen LogP contribution in [0.5, 0.6) is 11.5 Å². The Balaban J connectivity index is 2.13. The summed E-state index contributed by atoms with van der Waals surface area (Å²) in [5.41, 5.74) is 7.00. The fraction of sp³-hybridized carbons (Fsp3) is 0.200. The van der Waals surface area contributed by atoms with Gasteiger partial charge in [0.2, 0.25) is 0 Å². The van der Waals surface area contributed by atoms with E-state index in [9.17, 15) is 8.78 Å². The molecule has 2 N–H and O–H groups in total. The minimum atomic E-state index is -2.83. The zero-order valence-electron chi connectivity index (χ0n) is 11.4. The van der Waals surface area contributed by atoms with Crippen molar-refractivity contribution in [1.82, 2.24) is 0 Å². The molecule has 0 saturated carbocycles. The van der Waals surface area contributed by atoms with E-state index in [1.165, 1.54) is 17.8 Å². The van der Waals surface area contributed by atoms with Gasteiger partial charge in [0.1, 0.15) is 11.5 Å². The number of ether oxygens (including phenoxy) is 2. The highest BCUT2D eigenvalue weighted by atomic mass is 32.2. The lowest BCUT2D eigenvalue weighted by Gasteiger charge is -2.12. The Morgan fingerprint density at radius 3 is 2.62 bits per heavy atom. The number of hydrogen-bond donors (Lipinski definition) is 1. The predicted octanol–water partition coefficient (Wildman–Crippen LogP) is 4.17. The molecule has 21 heavy (non-hydrogen) atoms. The molecule has 3 nitrogen and oxygen atoms in total. The topological polar surface area (TPSA) is 44.5 Å². The molecule has 0 radical (unpaired) electrons. The van der Waals surface area contributed by atoms with Gasteiger partial charge in [0.15, 0.2) is 0 Å². The Morgan fingerprint density at radius 1 is 1.14 bits per heavy atom. The maximum Gasteiger partial charge on any atom is 0.387 e. The lowest BCUT2D eigenvalue weighted by atomic mass is 10.2. The summed E-state index contributed by atoms with van der Waals surface area (Å²) >= 11 is 1.47. The molecule has 2 aromatic carbocycles. The molecular formula is C15H15F2NO2S. The first-order valence-electron chi connectivity index (χ1n) is 6.19. The smallest absolute Gasteiger partial charge is 0.387 e. The van der Waals surface area contributed by atoms with Crippen molar-refractivity contribution in [2.75, 3.05) is 12.8 Å². The van der Waals surface area contributed by atoms with Gasteiger partial charge in [-0.15, -0.1) is 11.8 Å². The Labute approximate surface area is 126 Å². The number of nitrogen functional groups attached to an aromatic ring is 1. The number of methoxy groups -OCH3 is 1. The highest BCUT2D eigenvalue weighted by Crippen LogP contribution is 2.35. The van der Waals surface area contributed by atoms with Crippen molar-refractivity contribution in [3.05, 3.63) is 48.0 Å². The van der Waals surface area contributed by atoms with Gasteiger partial charge in [0, 0.05) is 28.0 Å². The predicted molar refractivity (Wildman–Crippen MR) is 80.0 cm³/mol. The van der Waals surface area contributed by atoms with Crippen molar-refractivity contribution in [3.63, 3.8) is 0 Å². The summed E-state index contributed by atoms with van der Waals surface area (Å²) in [5, 5.41) is 0. The van der Waals surface area contributed by atoms with Crippen molar-refractivity contribution >= 4 is 17.4 Å². The number of halogens is 2. The van der Waals surface area contributed by atoms with Gasteiger partial charge in [0.05, 0.1) is 7.11 Å². The number of para-hydroxylation sites is 1. The van der Waals surface area contributed by atoms with Gasteiger partial charge in [-0.2, -0.15) is 8.78 Å². The molecule has 0 unspecified atom stereocenters. The van der Waals surface area contributed by atoms with E-state index in [-0.39, 0.29) is 5.75 Å². The zero-order valence-corrected chi connectivity index (χ0v) is 12.2. The van der Waals surface area contributed by atoms with Gasteiger partial charge in [-0.3, -0.25) is 0 Å². The van der Waals surface area contributed by atoms with Crippen LogP contribution < -0.4 is 15.2 Å². The number of benzene rings is 2. The number of thioether (sulfide) groups is 1. The lowest BCUT2D eigenvalue weighted by molar-refractivity contribution is -0.0503. The van der Waals surface area contributed by atoms with Gasteiger partial charge in [-0.25, -0.2) is 0 Å². The molecule has 6 heteroatoms. The van der Waals surface area contributed by atoms with Crippen LogP contribution in [0.3, 0.4) is 0 Å². The van der Waals surface area contributed by atoms with E-state index in [0.717, 1.165) is 4.90 Å². The van der Waals surface area contributed by atoms with Crippen LogP contribution in [0.15, 0.2) is 47.4 Å². The minimum Gasteiger partial charge on any atom is -0.496 e. The van der Waals surface area contributed by atoms with Gasteiger partial charge < -0.3 is 15.2 Å². The third kappa shape index (κ3) is 4.26. The zero-order chi connectivity index (χ0) is 15.2. The summed E-state index contributed by atoms with van der Waals surface area (Å²) in [6.45, 7) is -2.83. The molecule has 0 aliphatic carbocycles. The second kappa shape index (κ2) is 7.17. The molecule has 0 atom stereocenters. The van der Waals surface area contributed by atoms with E-state index < -0.39 is 6.61 Å². The molecular weight excluding hydrogens is 296 g/mol. The largest absolute Gasteiger partial charge is 0.496 e. The first-order chi connectivity index (χ1) is 10.1. The van der Waals surface area contributed by atoms with E-state index in [1.54, 1.807) is 37.4 Å². The molecule has 0 heterocycles. The van der Waals surface area contributed by atoms with Crippen LogP contribution in [0.1, 0.15) is 5.56 Å². The molecule has 112 valence electrons. The molecule has 0 fully saturated rings. The monoisotopic (exact) mass is 311 g/mol. The minimum absolute atomic E-state index is 0.189. The number of rotatable bonds is 6. The van der Waals surface area contributed by atoms with Gasteiger partial charge in [-0.05, 0) is 18.2 Å². The fourth-order valence-electron chi connectivity index (χ4n) is 1.79. The van der Waals surface area contributed by atoms with Crippen molar-refractivity contribution in [3.8, 4) is 11.5 Å². The maximum atomic E-state index is 12.4. The molecule has 0 aliphatic rings. The summed E-state index contributed by atoms with van der Waals surface area (Å²) in [7, 11) is 1.56. The van der Waals surface area contributed by atoms with Crippen LogP contribution in [-0.4, -0.2) is 13.7 Å². The highest BCUT2D eigenvalue weighted by molar-refractivity contribution is 7.98. The second-order valence-corrected chi connectivity index (χ2v) is 5.20. The van der Waals surface area contributed by atoms with Crippen molar-refractivity contribution in [1.29, 1.82) is 0 Å². The third-order valence-electron chi connectivity index (χ3n) is 2.76. The molecule has 0 saturated heterocycles. The van der Waals surface area contributed by atoms with Gasteiger partial charge in [0.25, 0.3) is 0 Å². The summed E-state index contributed by atoms with van der Waals surface area (Å²) in [6, 6.07) is 12.1. The standard InChI is InChI=1S/C15H15F2NO2S/c1-19-13-8-11(18)6-7-14(13)21-9-10-4-2-3-5-12(10)20-15(16)17/h2-8,15H,9,18H2,1H3. The molecule has 0 spiro atoms. The molecule has 0 aromatic heterocycles. The van der Waals surface area contributed by atoms with Crippen LogP contribution in [0.25, 0.3) is 0 Å². The molecule has 0 bridgehead atoms. The average Bonchev–Trinajstić information content (AvgIpc) is 2.46. The van der Waals surface area contributed by atoms with Crippen molar-refractivity contribution in [2.45, 2.75) is 17.3 Å². The van der Waals surface area contributed by atoms with Crippen molar-refractivity contribution in [2.24, 2.45) is 0 Å². The van der Waals surface area contributed by atoms with E-state index in [0.29, 0.717) is 22.8 Å². The molecule has 0 aliphatic heterocycles. The fourth-order valence-corrected chi connectivity index (χ4v) is 2.79. The Morgan fingerprint density at radius 2 is 1.90 bits per heavy atom. The lowest BCUT2D eigenvalue weighted by Crippen LogP contribution is -2.03. The van der Waals surface area contributed by atoms with Crippen LogP contribution in [0.4, 0.5) is 14.5 Å². The average molecular weight is 311 g/mol. The van der Waals surface area contributed by atoms with E-state index >= 15 is 0 Å². The first kappa shape index (κ1) is 15.4. The summed E-state index contributed by atoms with van der Waals surface area (Å²) in [6.07, 6.45) is 0. The van der Waals surface area contributed by atoms with E-state index in [1.807, 2.05) is 6.07 Å². The number of hydrogen-bond acceptors (Lipinski definition) is 4. The second-order valence-electron chi connectivity index (χ2n) is 4.19. The van der Waals surface area contributed by atoms with E-state index in [4.69, 9.17) is 10.5 Å². The highest BCUT2D eigenvalue weighted by Gasteiger charge is 2.11. The van der Waals surface area contributed by atoms with Crippen LogP contribution >= 0.6 is 11.8 Å². The number of nitrogens with two attached hydrogens (primary N) is 1. The summed E-state index contributed by atoms with van der Waals surface area (Å²) < 4.78 is 34.5. The van der Waals surface area contributed by atoms with Crippen LogP contribution in [0, 0.1) is 0 Å². The Kier molecular flexibility index (Phi) is 5.27. The van der Waals surface area contributed by atoms with Gasteiger partial charge >= 0.3 is 6.61 Å². The summed E-state index contributed by atoms with van der Waals surface area (Å²) in [5.74, 6) is 1.34. The quantitative estimate of drug-likeness (QED) is 0.642. The number of anilines is 1. The van der Waals surface area contributed by atoms with E-state index in [2.05, 4.69) is 4.74 Å². The van der Waals surface area contributed by atoms with Crippen LogP contribution in [0.2, 0.25) is 0 Å². The SMILES string of the molecule is COc1cc(N)ccc1SCc1ccccc1OC(F)F. The Bertz CT molecular complexity index is 608. The third-order valence-corrected chi connectivity index (χ3v) is 3.86. The van der Waals surface area contributed by atoms with Gasteiger partial charge in [-0.1, -0.05) is 18.2 Å². The van der Waals surface area contributed by atoms with Crippen LogP contribution in [-0.2, 0) is 5.75 Å². The first-order valence-corrected chi connectivity index (χ1v) is 7.17. The maximum absolute atomic E-state index is 12.4. The normalized spacial score (nSPS) is 10.7. The molecule has 0 amide bonds. The molecule has 2 aromatic rings. The Hall–Kier alpha value is -1.95. The molecule has 2 rings (SSSR count).